The second-order valence-electron chi connectivity index (χ2n) is 4.73. The van der Waals surface area contributed by atoms with Gasteiger partial charge >= 0.3 is 0 Å². The summed E-state index contributed by atoms with van der Waals surface area (Å²) in [5, 5.41) is 0. The fraction of sp³-hybridized carbons (Fsp3) is 0.636. The minimum atomic E-state index is -3.62. The van der Waals surface area contributed by atoms with Gasteiger partial charge in [0.2, 0.25) is 10.0 Å². The monoisotopic (exact) mass is 342 g/mol. The molecule has 1 aromatic rings. The van der Waals surface area contributed by atoms with Crippen molar-refractivity contribution in [3.63, 3.8) is 0 Å². The fourth-order valence-electron chi connectivity index (χ4n) is 2.38. The second-order valence-corrected chi connectivity index (χ2v) is 8.87. The minimum absolute atomic E-state index is 0.0942. The van der Waals surface area contributed by atoms with Crippen molar-refractivity contribution in [1.82, 2.24) is 4.31 Å². The highest BCUT2D eigenvalue weighted by atomic mass is 35.5. The van der Waals surface area contributed by atoms with Crippen LogP contribution in [0.25, 0.3) is 0 Å². The lowest BCUT2D eigenvalue weighted by molar-refractivity contribution is 0.227. The number of piperidine rings is 1. The number of halogens is 2. The number of nitrogens with zero attached hydrogens (tertiary/aromatic N) is 1. The summed E-state index contributed by atoms with van der Waals surface area (Å²) < 4.78 is 27.4. The van der Waals surface area contributed by atoms with Crippen LogP contribution in [0.3, 0.4) is 0 Å². The largest absolute Gasteiger partial charge is 0.326 e. The van der Waals surface area contributed by atoms with Gasteiger partial charge in [0.15, 0.2) is 0 Å². The van der Waals surface area contributed by atoms with Gasteiger partial charge in [0.25, 0.3) is 0 Å². The Balaban J connectivity index is 2.40. The van der Waals surface area contributed by atoms with Gasteiger partial charge in [-0.05, 0) is 25.8 Å². The van der Waals surface area contributed by atoms with Gasteiger partial charge in [0.1, 0.15) is 9.23 Å². The van der Waals surface area contributed by atoms with E-state index in [1.165, 1.54) is 10.4 Å². The molecule has 0 radical (unpaired) electrons. The van der Waals surface area contributed by atoms with Crippen molar-refractivity contribution < 1.29 is 8.42 Å². The maximum Gasteiger partial charge on any atom is 0.245 e. The molecule has 108 valence electrons. The highest BCUT2D eigenvalue weighted by Gasteiger charge is 2.37. The lowest BCUT2D eigenvalue weighted by Gasteiger charge is -2.36. The van der Waals surface area contributed by atoms with E-state index in [2.05, 4.69) is 0 Å². The van der Waals surface area contributed by atoms with Crippen LogP contribution in [0.5, 0.6) is 0 Å². The summed E-state index contributed by atoms with van der Waals surface area (Å²) in [7, 11) is -3.62. The van der Waals surface area contributed by atoms with Gasteiger partial charge in [0.05, 0.1) is 4.34 Å². The molecule has 1 fully saturated rings. The Morgan fingerprint density at radius 2 is 2.16 bits per heavy atom. The van der Waals surface area contributed by atoms with Crippen LogP contribution < -0.4 is 5.73 Å². The molecular formula is C11H16Cl2N2O2S2. The van der Waals surface area contributed by atoms with Crippen molar-refractivity contribution in [3.8, 4) is 0 Å². The molecule has 1 saturated heterocycles. The molecule has 0 aliphatic carbocycles. The summed E-state index contributed by atoms with van der Waals surface area (Å²) >= 11 is 12.9. The zero-order chi connectivity index (χ0) is 14.2. The predicted octanol–water partition coefficient (Wildman–Crippen LogP) is 2.95. The number of hydrogen-bond donors (Lipinski definition) is 1. The van der Waals surface area contributed by atoms with Crippen molar-refractivity contribution >= 4 is 44.6 Å². The SMILES string of the molecule is CC(N)C1CCCCN1S(=O)(=O)c1cc(Cl)sc1Cl. The summed E-state index contributed by atoms with van der Waals surface area (Å²) in [4.78, 5) is 0.0942. The maximum absolute atomic E-state index is 12.7. The topological polar surface area (TPSA) is 63.4 Å². The van der Waals surface area contributed by atoms with E-state index in [-0.39, 0.29) is 21.3 Å². The Hall–Kier alpha value is 0.150. The van der Waals surface area contributed by atoms with E-state index in [0.717, 1.165) is 30.6 Å². The van der Waals surface area contributed by atoms with Crippen LogP contribution in [0.15, 0.2) is 11.0 Å². The van der Waals surface area contributed by atoms with Crippen molar-refractivity contribution in [3.05, 3.63) is 14.7 Å². The van der Waals surface area contributed by atoms with Crippen LogP contribution in [0.1, 0.15) is 26.2 Å². The number of hydrogen-bond acceptors (Lipinski definition) is 4. The summed E-state index contributed by atoms with van der Waals surface area (Å²) in [6, 6.07) is 1.04. The fourth-order valence-corrected chi connectivity index (χ4v) is 6.27. The molecule has 8 heteroatoms. The molecule has 2 unspecified atom stereocenters. The Labute approximate surface area is 127 Å². The van der Waals surface area contributed by atoms with Crippen molar-refractivity contribution in [2.75, 3.05) is 6.54 Å². The summed E-state index contributed by atoms with van der Waals surface area (Å²) in [5.41, 5.74) is 5.91. The Kier molecular flexibility index (Phi) is 4.80. The summed E-state index contributed by atoms with van der Waals surface area (Å²) in [6.07, 6.45) is 2.63. The van der Waals surface area contributed by atoms with E-state index in [9.17, 15) is 8.42 Å². The van der Waals surface area contributed by atoms with Crippen LogP contribution in [0.4, 0.5) is 0 Å². The zero-order valence-electron chi connectivity index (χ0n) is 10.5. The quantitative estimate of drug-likeness (QED) is 0.918. The average molecular weight is 343 g/mol. The summed E-state index contributed by atoms with van der Waals surface area (Å²) in [5.74, 6) is 0. The molecule has 1 aromatic heterocycles. The smallest absolute Gasteiger partial charge is 0.245 e. The molecule has 2 N–H and O–H groups in total. The van der Waals surface area contributed by atoms with E-state index in [0.29, 0.717) is 10.9 Å². The lowest BCUT2D eigenvalue weighted by atomic mass is 10.00. The highest BCUT2D eigenvalue weighted by molar-refractivity contribution is 7.89. The molecule has 2 rings (SSSR count). The third-order valence-corrected chi connectivity index (χ3v) is 6.99. The number of sulfonamides is 1. The number of rotatable bonds is 3. The molecule has 0 bridgehead atoms. The van der Waals surface area contributed by atoms with Crippen LogP contribution in [-0.2, 0) is 10.0 Å². The third kappa shape index (κ3) is 3.09. The second kappa shape index (κ2) is 5.87. The van der Waals surface area contributed by atoms with Crippen LogP contribution >= 0.6 is 34.5 Å². The van der Waals surface area contributed by atoms with E-state index in [1.54, 1.807) is 0 Å². The molecule has 2 heterocycles. The molecule has 0 aromatic carbocycles. The Morgan fingerprint density at radius 1 is 1.47 bits per heavy atom. The average Bonchev–Trinajstić information content (AvgIpc) is 2.69. The minimum Gasteiger partial charge on any atom is -0.326 e. The van der Waals surface area contributed by atoms with E-state index >= 15 is 0 Å². The van der Waals surface area contributed by atoms with Crippen LogP contribution in [-0.4, -0.2) is 31.4 Å². The molecule has 0 amide bonds. The zero-order valence-corrected chi connectivity index (χ0v) is 13.6. The van der Waals surface area contributed by atoms with Gasteiger partial charge in [-0.15, -0.1) is 11.3 Å². The first kappa shape index (κ1) is 15.5. The van der Waals surface area contributed by atoms with E-state index in [1.807, 2.05) is 6.92 Å². The molecular weight excluding hydrogens is 327 g/mol. The number of thiophene rings is 1. The first-order valence-corrected chi connectivity index (χ1v) is 9.07. The first-order valence-electron chi connectivity index (χ1n) is 6.06. The summed E-state index contributed by atoms with van der Waals surface area (Å²) in [6.45, 7) is 2.32. The van der Waals surface area contributed by atoms with Gasteiger partial charge in [-0.1, -0.05) is 29.6 Å². The van der Waals surface area contributed by atoms with Crippen molar-refractivity contribution in [2.24, 2.45) is 5.73 Å². The van der Waals surface area contributed by atoms with Crippen LogP contribution in [0, 0.1) is 0 Å². The van der Waals surface area contributed by atoms with Gasteiger partial charge in [-0.2, -0.15) is 4.31 Å². The van der Waals surface area contributed by atoms with Gasteiger partial charge < -0.3 is 5.73 Å². The number of nitrogens with two attached hydrogens (primary N) is 1. The molecule has 19 heavy (non-hydrogen) atoms. The molecule has 1 aliphatic rings. The maximum atomic E-state index is 12.7. The van der Waals surface area contributed by atoms with Crippen molar-refractivity contribution in [2.45, 2.75) is 43.2 Å². The molecule has 1 aliphatic heterocycles. The van der Waals surface area contributed by atoms with Crippen molar-refractivity contribution in [1.29, 1.82) is 0 Å². The molecule has 4 nitrogen and oxygen atoms in total. The van der Waals surface area contributed by atoms with E-state index in [4.69, 9.17) is 28.9 Å². The van der Waals surface area contributed by atoms with Gasteiger partial charge in [0, 0.05) is 18.6 Å². The van der Waals surface area contributed by atoms with Gasteiger partial charge in [-0.25, -0.2) is 8.42 Å². The predicted molar refractivity (Wildman–Crippen MR) is 79.5 cm³/mol. The Morgan fingerprint density at radius 3 is 2.68 bits per heavy atom. The standard InChI is InChI=1S/C11H16Cl2N2O2S2/c1-7(14)8-4-2-3-5-15(8)19(16,17)9-6-10(12)18-11(9)13/h6-8H,2-5,14H2,1H3. The van der Waals surface area contributed by atoms with Gasteiger partial charge in [-0.3, -0.25) is 0 Å². The normalized spacial score (nSPS) is 23.5. The molecule has 0 saturated carbocycles. The van der Waals surface area contributed by atoms with Crippen LogP contribution in [0.2, 0.25) is 8.67 Å². The third-order valence-electron chi connectivity index (χ3n) is 3.32. The molecule has 2 atom stereocenters. The highest BCUT2D eigenvalue weighted by Crippen LogP contribution is 2.37. The lowest BCUT2D eigenvalue weighted by Crippen LogP contribution is -2.51. The molecule has 0 spiro atoms. The first-order chi connectivity index (χ1) is 8.84. The van der Waals surface area contributed by atoms with E-state index < -0.39 is 10.0 Å². The Bertz CT molecular complexity index is 557.